The maximum atomic E-state index is 12.4. The second-order valence-corrected chi connectivity index (χ2v) is 5.93. The van der Waals surface area contributed by atoms with Gasteiger partial charge in [-0.05, 0) is 49.9 Å². The summed E-state index contributed by atoms with van der Waals surface area (Å²) >= 11 is 0. The van der Waals surface area contributed by atoms with Gasteiger partial charge in [0.25, 0.3) is 0 Å². The largest absolute Gasteiger partial charge is 0.482 e. The lowest BCUT2D eigenvalue weighted by Gasteiger charge is -2.19. The van der Waals surface area contributed by atoms with Crippen molar-refractivity contribution in [1.82, 2.24) is 0 Å². The van der Waals surface area contributed by atoms with Crippen molar-refractivity contribution in [3.63, 3.8) is 0 Å². The van der Waals surface area contributed by atoms with Crippen LogP contribution in [0.1, 0.15) is 24.8 Å². The number of amides is 1. The molecule has 1 amide bonds. The highest BCUT2D eigenvalue weighted by Crippen LogP contribution is 2.34. The van der Waals surface area contributed by atoms with Crippen LogP contribution in [0.15, 0.2) is 18.2 Å². The lowest BCUT2D eigenvalue weighted by molar-refractivity contribution is -0.153. The van der Waals surface area contributed by atoms with Gasteiger partial charge in [-0.1, -0.05) is 12.5 Å². The van der Waals surface area contributed by atoms with Crippen molar-refractivity contribution in [2.24, 2.45) is 17.6 Å². The third kappa shape index (κ3) is 5.56. The van der Waals surface area contributed by atoms with Gasteiger partial charge in [-0.2, -0.15) is 13.2 Å². The summed E-state index contributed by atoms with van der Waals surface area (Å²) in [7, 11) is 0. The van der Waals surface area contributed by atoms with Crippen molar-refractivity contribution in [3.8, 4) is 5.75 Å². The van der Waals surface area contributed by atoms with E-state index in [9.17, 15) is 18.0 Å². The van der Waals surface area contributed by atoms with Gasteiger partial charge in [-0.15, -0.1) is 12.4 Å². The quantitative estimate of drug-likeness (QED) is 0.835. The molecule has 4 nitrogen and oxygen atoms in total. The highest BCUT2D eigenvalue weighted by Gasteiger charge is 2.33. The Morgan fingerprint density at radius 2 is 2.08 bits per heavy atom. The number of alkyl halides is 3. The van der Waals surface area contributed by atoms with Crippen LogP contribution in [-0.2, 0) is 4.79 Å². The summed E-state index contributed by atoms with van der Waals surface area (Å²) in [6.07, 6.45) is -1.84. The Bertz CT molecular complexity index is 567. The van der Waals surface area contributed by atoms with Gasteiger partial charge in [0.2, 0.25) is 5.91 Å². The van der Waals surface area contributed by atoms with Crippen molar-refractivity contribution < 1.29 is 22.7 Å². The molecule has 0 unspecified atom stereocenters. The summed E-state index contributed by atoms with van der Waals surface area (Å²) < 4.78 is 41.9. The number of hydrogen-bond donors (Lipinski definition) is 2. The molecule has 0 aromatic heterocycles. The summed E-state index contributed by atoms with van der Waals surface area (Å²) in [5.74, 6) is -0.256. The molecule has 1 saturated carbocycles. The van der Waals surface area contributed by atoms with Gasteiger partial charge < -0.3 is 15.8 Å². The number of benzene rings is 1. The number of ether oxygens (including phenoxy) is 1. The molecule has 0 saturated heterocycles. The average Bonchev–Trinajstić information content (AvgIpc) is 2.95. The zero-order chi connectivity index (χ0) is 17.0. The normalized spacial score (nSPS) is 20.4. The van der Waals surface area contributed by atoms with Crippen LogP contribution in [0.25, 0.3) is 0 Å². The fraction of sp³-hybridized carbons (Fsp3) is 0.562. The topological polar surface area (TPSA) is 64.4 Å². The maximum Gasteiger partial charge on any atom is 0.422 e. The predicted octanol–water partition coefficient (Wildman–Crippen LogP) is 3.67. The zero-order valence-electron chi connectivity index (χ0n) is 13.4. The van der Waals surface area contributed by atoms with E-state index in [0.717, 1.165) is 24.8 Å². The number of nitrogens with two attached hydrogens (primary N) is 1. The molecule has 1 aliphatic rings. The van der Waals surface area contributed by atoms with Gasteiger partial charge in [0.15, 0.2) is 6.61 Å². The lowest BCUT2D eigenvalue weighted by Crippen LogP contribution is -2.30. The number of anilines is 1. The Hall–Kier alpha value is -1.47. The molecular weight excluding hydrogens is 345 g/mol. The standard InChI is InChI=1S/C16H21F3N2O2.ClH/c1-10-5-6-13(14(7-10)23-9-16(17,18)19)21-15(22)12-4-2-3-11(12)8-20;/h5-7,11-12H,2-4,8-9,20H2,1H3,(H,21,22);1H/t11-,12-;/m1./s1. The zero-order valence-corrected chi connectivity index (χ0v) is 14.2. The molecule has 1 fully saturated rings. The van der Waals surface area contributed by atoms with E-state index in [0.29, 0.717) is 6.54 Å². The second kappa shape index (κ2) is 8.58. The van der Waals surface area contributed by atoms with Crippen molar-refractivity contribution >= 4 is 24.0 Å². The van der Waals surface area contributed by atoms with Crippen LogP contribution in [-0.4, -0.2) is 25.2 Å². The first-order valence-corrected chi connectivity index (χ1v) is 7.61. The van der Waals surface area contributed by atoms with E-state index in [-0.39, 0.29) is 41.6 Å². The second-order valence-electron chi connectivity index (χ2n) is 5.93. The van der Waals surface area contributed by atoms with Crippen LogP contribution >= 0.6 is 12.4 Å². The highest BCUT2D eigenvalue weighted by atomic mass is 35.5. The molecule has 8 heteroatoms. The van der Waals surface area contributed by atoms with E-state index in [2.05, 4.69) is 5.32 Å². The summed E-state index contributed by atoms with van der Waals surface area (Å²) in [5.41, 5.74) is 6.68. The third-order valence-corrected chi connectivity index (χ3v) is 4.08. The molecule has 1 aliphatic carbocycles. The Labute approximate surface area is 145 Å². The molecule has 0 radical (unpaired) electrons. The molecule has 1 aromatic carbocycles. The number of hydrogen-bond acceptors (Lipinski definition) is 3. The molecule has 2 atom stereocenters. The number of rotatable bonds is 5. The fourth-order valence-electron chi connectivity index (χ4n) is 2.90. The summed E-state index contributed by atoms with van der Waals surface area (Å²) in [4.78, 5) is 12.4. The molecule has 1 aromatic rings. The Morgan fingerprint density at radius 1 is 1.38 bits per heavy atom. The molecule has 0 spiro atoms. The Kier molecular flexibility index (Phi) is 7.35. The average molecular weight is 367 g/mol. The fourth-order valence-corrected chi connectivity index (χ4v) is 2.90. The molecule has 0 heterocycles. The molecular formula is C16H22ClF3N2O2. The molecule has 0 bridgehead atoms. The van der Waals surface area contributed by atoms with E-state index < -0.39 is 12.8 Å². The molecule has 24 heavy (non-hydrogen) atoms. The maximum absolute atomic E-state index is 12.4. The Balaban J connectivity index is 0.00000288. The number of aryl methyl sites for hydroxylation is 1. The smallest absolute Gasteiger partial charge is 0.422 e. The molecule has 0 aliphatic heterocycles. The summed E-state index contributed by atoms with van der Waals surface area (Å²) in [6, 6.07) is 4.76. The first-order chi connectivity index (χ1) is 10.8. The minimum absolute atomic E-state index is 0. The van der Waals surface area contributed by atoms with Gasteiger partial charge in [0.1, 0.15) is 5.75 Å². The monoisotopic (exact) mass is 366 g/mol. The van der Waals surface area contributed by atoms with Gasteiger partial charge >= 0.3 is 6.18 Å². The van der Waals surface area contributed by atoms with Gasteiger partial charge in [-0.3, -0.25) is 4.79 Å². The van der Waals surface area contributed by atoms with Crippen molar-refractivity contribution in [2.45, 2.75) is 32.4 Å². The van der Waals surface area contributed by atoms with E-state index in [1.165, 1.54) is 6.07 Å². The SMILES string of the molecule is Cc1ccc(NC(=O)[C@@H]2CCC[C@@H]2CN)c(OCC(F)(F)F)c1.Cl. The highest BCUT2D eigenvalue weighted by molar-refractivity contribution is 5.94. The minimum Gasteiger partial charge on any atom is -0.482 e. The van der Waals surface area contributed by atoms with E-state index >= 15 is 0 Å². The van der Waals surface area contributed by atoms with Crippen molar-refractivity contribution in [2.75, 3.05) is 18.5 Å². The van der Waals surface area contributed by atoms with Gasteiger partial charge in [0.05, 0.1) is 5.69 Å². The van der Waals surface area contributed by atoms with Crippen molar-refractivity contribution in [1.29, 1.82) is 0 Å². The van der Waals surface area contributed by atoms with Gasteiger partial charge in [0, 0.05) is 5.92 Å². The van der Waals surface area contributed by atoms with Crippen molar-refractivity contribution in [3.05, 3.63) is 23.8 Å². The predicted molar refractivity (Wildman–Crippen MR) is 88.5 cm³/mol. The number of nitrogens with one attached hydrogen (secondary N) is 1. The van der Waals surface area contributed by atoms with Crippen LogP contribution in [0.2, 0.25) is 0 Å². The molecule has 2 rings (SSSR count). The van der Waals surface area contributed by atoms with Crippen LogP contribution in [0, 0.1) is 18.8 Å². The van der Waals surface area contributed by atoms with Crippen LogP contribution in [0.4, 0.5) is 18.9 Å². The first-order valence-electron chi connectivity index (χ1n) is 7.61. The van der Waals surface area contributed by atoms with E-state index in [1.54, 1.807) is 19.1 Å². The number of carbonyl (C=O) groups excluding carboxylic acids is 1. The lowest BCUT2D eigenvalue weighted by atomic mass is 9.95. The first kappa shape index (κ1) is 20.6. The number of carbonyl (C=O) groups is 1. The minimum atomic E-state index is -4.43. The Morgan fingerprint density at radius 3 is 2.71 bits per heavy atom. The summed E-state index contributed by atoms with van der Waals surface area (Å²) in [6.45, 7) is 0.783. The number of halogens is 4. The van der Waals surface area contributed by atoms with E-state index in [4.69, 9.17) is 10.5 Å². The summed E-state index contributed by atoms with van der Waals surface area (Å²) in [5, 5.41) is 2.69. The van der Waals surface area contributed by atoms with Crippen LogP contribution in [0.5, 0.6) is 5.75 Å². The van der Waals surface area contributed by atoms with Gasteiger partial charge in [-0.25, -0.2) is 0 Å². The molecule has 136 valence electrons. The molecule has 3 N–H and O–H groups in total. The van der Waals surface area contributed by atoms with Crippen LogP contribution in [0.3, 0.4) is 0 Å². The van der Waals surface area contributed by atoms with E-state index in [1.807, 2.05) is 0 Å². The van der Waals surface area contributed by atoms with Crippen LogP contribution < -0.4 is 15.8 Å². The third-order valence-electron chi connectivity index (χ3n) is 4.08.